The summed E-state index contributed by atoms with van der Waals surface area (Å²) in [4.78, 5) is 29.7. The highest BCUT2D eigenvalue weighted by atomic mass is 16.6. The van der Waals surface area contributed by atoms with E-state index in [-0.39, 0.29) is 35.4 Å². The van der Waals surface area contributed by atoms with Gasteiger partial charge >= 0.3 is 0 Å². The van der Waals surface area contributed by atoms with Crippen molar-refractivity contribution in [3.05, 3.63) is 70.3 Å². The molecule has 0 radical (unpaired) electrons. The molecule has 1 unspecified atom stereocenters. The second-order valence-electron chi connectivity index (χ2n) is 7.14. The molecule has 1 aromatic heterocycles. The standard InChI is InChI=1S/C22H25N5O6/c1-15(16-5-7-17(8-6-16)26-14-23-13-24-26)25(2)22(28)18-11-20(32-4)21(33-10-9-31-3)12-19(18)27(29)30/h5-8,11-15H,9-10H2,1-4H3. The number of ether oxygens (including phenoxy) is 3. The second-order valence-corrected chi connectivity index (χ2v) is 7.14. The fourth-order valence-electron chi connectivity index (χ4n) is 3.22. The Morgan fingerprint density at radius 2 is 1.91 bits per heavy atom. The van der Waals surface area contributed by atoms with Crippen molar-refractivity contribution in [3.63, 3.8) is 0 Å². The predicted octanol–water partition coefficient (Wildman–Crippen LogP) is 3.04. The third kappa shape index (κ3) is 5.26. The highest BCUT2D eigenvalue weighted by molar-refractivity contribution is 5.99. The van der Waals surface area contributed by atoms with Crippen LogP contribution in [0.5, 0.6) is 11.5 Å². The molecular weight excluding hydrogens is 430 g/mol. The Balaban J connectivity index is 1.87. The van der Waals surface area contributed by atoms with Gasteiger partial charge in [0.05, 0.1) is 36.4 Å². The predicted molar refractivity (Wildman–Crippen MR) is 119 cm³/mol. The zero-order valence-electron chi connectivity index (χ0n) is 18.8. The fraction of sp³-hybridized carbons (Fsp3) is 0.318. The Bertz CT molecular complexity index is 1100. The van der Waals surface area contributed by atoms with Crippen LogP contribution in [0.15, 0.2) is 49.1 Å². The van der Waals surface area contributed by atoms with E-state index in [1.54, 1.807) is 18.1 Å². The summed E-state index contributed by atoms with van der Waals surface area (Å²) < 4.78 is 17.4. The average Bonchev–Trinajstić information content (AvgIpc) is 3.37. The summed E-state index contributed by atoms with van der Waals surface area (Å²) in [5.74, 6) is -0.133. The molecule has 1 heterocycles. The first kappa shape index (κ1) is 23.7. The Labute approximate surface area is 190 Å². The molecule has 0 aliphatic carbocycles. The lowest BCUT2D eigenvalue weighted by Gasteiger charge is -2.26. The topological polar surface area (TPSA) is 122 Å². The second kappa shape index (κ2) is 10.6. The van der Waals surface area contributed by atoms with Gasteiger partial charge in [0.25, 0.3) is 11.6 Å². The van der Waals surface area contributed by atoms with Crippen molar-refractivity contribution in [2.45, 2.75) is 13.0 Å². The molecule has 3 rings (SSSR count). The Morgan fingerprint density at radius 1 is 1.18 bits per heavy atom. The van der Waals surface area contributed by atoms with Crippen LogP contribution < -0.4 is 9.47 Å². The summed E-state index contributed by atoms with van der Waals surface area (Å²) in [6.45, 7) is 2.32. The van der Waals surface area contributed by atoms with E-state index < -0.39 is 10.8 Å². The van der Waals surface area contributed by atoms with Crippen LogP contribution in [0.3, 0.4) is 0 Å². The van der Waals surface area contributed by atoms with Crippen molar-refractivity contribution >= 4 is 11.6 Å². The molecule has 1 atom stereocenters. The molecule has 0 spiro atoms. The number of nitro groups is 1. The molecule has 0 saturated heterocycles. The molecular formula is C22H25N5O6. The number of carbonyl (C=O) groups is 1. The zero-order chi connectivity index (χ0) is 24.0. The van der Waals surface area contributed by atoms with E-state index in [0.29, 0.717) is 6.61 Å². The maximum Gasteiger partial charge on any atom is 0.286 e. The molecule has 0 aliphatic heterocycles. The summed E-state index contributed by atoms with van der Waals surface area (Å²) in [7, 11) is 4.52. The molecule has 0 N–H and O–H groups in total. The molecule has 3 aromatic rings. The lowest BCUT2D eigenvalue weighted by atomic mass is 10.0. The first-order valence-electron chi connectivity index (χ1n) is 10.1. The van der Waals surface area contributed by atoms with E-state index >= 15 is 0 Å². The van der Waals surface area contributed by atoms with Gasteiger partial charge in [0.15, 0.2) is 11.5 Å². The van der Waals surface area contributed by atoms with E-state index in [0.717, 1.165) is 11.3 Å². The lowest BCUT2D eigenvalue weighted by Crippen LogP contribution is -2.30. The van der Waals surface area contributed by atoms with Crippen molar-refractivity contribution in [2.75, 3.05) is 34.5 Å². The van der Waals surface area contributed by atoms with Crippen LogP contribution in [0.1, 0.15) is 28.9 Å². The Morgan fingerprint density at radius 3 is 2.48 bits per heavy atom. The van der Waals surface area contributed by atoms with Crippen molar-refractivity contribution in [1.82, 2.24) is 19.7 Å². The van der Waals surface area contributed by atoms with Gasteiger partial charge in [0, 0.05) is 20.2 Å². The normalized spacial score (nSPS) is 11.6. The molecule has 0 fully saturated rings. The first-order valence-corrected chi connectivity index (χ1v) is 10.1. The van der Waals surface area contributed by atoms with Crippen LogP contribution in [0.2, 0.25) is 0 Å². The highest BCUT2D eigenvalue weighted by Crippen LogP contribution is 2.36. The zero-order valence-corrected chi connectivity index (χ0v) is 18.8. The number of benzene rings is 2. The molecule has 1 amide bonds. The maximum absolute atomic E-state index is 13.3. The smallest absolute Gasteiger partial charge is 0.286 e. The molecule has 0 bridgehead atoms. The van der Waals surface area contributed by atoms with Gasteiger partial charge in [-0.15, -0.1) is 0 Å². The van der Waals surface area contributed by atoms with E-state index in [1.165, 1.54) is 37.6 Å². The minimum atomic E-state index is -0.610. The van der Waals surface area contributed by atoms with Crippen LogP contribution in [-0.2, 0) is 4.74 Å². The average molecular weight is 455 g/mol. The summed E-state index contributed by atoms with van der Waals surface area (Å²) in [5.41, 5.74) is 1.21. The highest BCUT2D eigenvalue weighted by Gasteiger charge is 2.29. The van der Waals surface area contributed by atoms with Gasteiger partial charge in [-0.25, -0.2) is 9.67 Å². The molecule has 0 saturated carbocycles. The van der Waals surface area contributed by atoms with Crippen LogP contribution in [0, 0.1) is 10.1 Å². The minimum absolute atomic E-state index is 0.0930. The maximum atomic E-state index is 13.3. The van der Waals surface area contributed by atoms with Crippen LogP contribution >= 0.6 is 0 Å². The Hall–Kier alpha value is -3.99. The molecule has 11 nitrogen and oxygen atoms in total. The third-order valence-electron chi connectivity index (χ3n) is 5.21. The molecule has 174 valence electrons. The number of nitro benzene ring substituents is 1. The number of carbonyl (C=O) groups excluding carboxylic acids is 1. The molecule has 11 heteroatoms. The number of hydrogen-bond donors (Lipinski definition) is 0. The third-order valence-corrected chi connectivity index (χ3v) is 5.21. The number of hydrogen-bond acceptors (Lipinski definition) is 8. The van der Waals surface area contributed by atoms with Crippen molar-refractivity contribution < 1.29 is 23.9 Å². The largest absolute Gasteiger partial charge is 0.493 e. The number of nitrogens with zero attached hydrogens (tertiary/aromatic N) is 5. The Kier molecular flexibility index (Phi) is 7.57. The van der Waals surface area contributed by atoms with Crippen molar-refractivity contribution in [2.24, 2.45) is 0 Å². The summed E-state index contributed by atoms with van der Waals surface area (Å²) >= 11 is 0. The van der Waals surface area contributed by atoms with Gasteiger partial charge in [-0.05, 0) is 24.6 Å². The number of rotatable bonds is 10. The van der Waals surface area contributed by atoms with Crippen LogP contribution in [0.4, 0.5) is 5.69 Å². The van der Waals surface area contributed by atoms with Crippen LogP contribution in [-0.4, -0.2) is 65.0 Å². The number of methoxy groups -OCH3 is 2. The first-order chi connectivity index (χ1) is 15.9. The van der Waals surface area contributed by atoms with Gasteiger partial charge < -0.3 is 19.1 Å². The quantitative estimate of drug-likeness (QED) is 0.260. The van der Waals surface area contributed by atoms with E-state index in [9.17, 15) is 14.9 Å². The van der Waals surface area contributed by atoms with Gasteiger partial charge in [-0.1, -0.05) is 12.1 Å². The minimum Gasteiger partial charge on any atom is -0.493 e. The lowest BCUT2D eigenvalue weighted by molar-refractivity contribution is -0.385. The SMILES string of the molecule is COCCOc1cc([N+](=O)[O-])c(C(=O)N(C)C(C)c2ccc(-n3cncn3)cc2)cc1OC. The molecule has 0 aliphatic rings. The molecule has 33 heavy (non-hydrogen) atoms. The fourth-order valence-corrected chi connectivity index (χ4v) is 3.22. The number of amides is 1. The summed E-state index contributed by atoms with van der Waals surface area (Å²) in [6.07, 6.45) is 3.03. The van der Waals surface area contributed by atoms with Crippen LogP contribution in [0.25, 0.3) is 5.69 Å². The van der Waals surface area contributed by atoms with E-state index in [2.05, 4.69) is 10.1 Å². The van der Waals surface area contributed by atoms with E-state index in [4.69, 9.17) is 14.2 Å². The monoisotopic (exact) mass is 455 g/mol. The van der Waals surface area contributed by atoms with Crippen molar-refractivity contribution in [1.29, 1.82) is 0 Å². The molecule has 2 aromatic carbocycles. The van der Waals surface area contributed by atoms with Gasteiger partial charge in [-0.2, -0.15) is 5.10 Å². The van der Waals surface area contributed by atoms with Gasteiger partial charge in [0.1, 0.15) is 24.8 Å². The van der Waals surface area contributed by atoms with Crippen molar-refractivity contribution in [3.8, 4) is 17.2 Å². The summed E-state index contributed by atoms with van der Waals surface area (Å²) in [5, 5.41) is 15.8. The summed E-state index contributed by atoms with van der Waals surface area (Å²) in [6, 6.07) is 9.63. The van der Waals surface area contributed by atoms with Gasteiger partial charge in [0.2, 0.25) is 0 Å². The van der Waals surface area contributed by atoms with Gasteiger partial charge in [-0.3, -0.25) is 14.9 Å². The number of aromatic nitrogens is 3. The van der Waals surface area contributed by atoms with E-state index in [1.807, 2.05) is 31.2 Å².